The number of phenols is 1. The minimum Gasteiger partial charge on any atom is -0.504 e. The van der Waals surface area contributed by atoms with Gasteiger partial charge in [0.2, 0.25) is 17.7 Å². The standard InChI is InChI=1S/C39H30N2O7/c1-20-17-31(43)34-25(13-7-21-8-16-30(42)33(18-21)47-2)24-14-15-26-35(27(24)19-28(34)36(20)44)39(46)41(38(26)45)23-11-9-22(10-12-23)37-40-29-5-3-4-6-32(29)48-37/h3-14,16-18,25-27,35,42H,15,19H2,1-2H3/t25-,26-,27+,35-/m0/s1. The second-order valence-corrected chi connectivity index (χ2v) is 12.6. The molecule has 48 heavy (non-hydrogen) atoms. The number of aromatic nitrogens is 1. The molecule has 0 bridgehead atoms. The van der Waals surface area contributed by atoms with Crippen molar-refractivity contribution >= 4 is 46.2 Å². The van der Waals surface area contributed by atoms with E-state index in [9.17, 15) is 24.3 Å². The predicted octanol–water partition coefficient (Wildman–Crippen LogP) is 6.39. The van der Waals surface area contributed by atoms with Gasteiger partial charge in [-0.2, -0.15) is 0 Å². The largest absolute Gasteiger partial charge is 0.504 e. The molecule has 3 aromatic carbocycles. The summed E-state index contributed by atoms with van der Waals surface area (Å²) in [6.07, 6.45) is 7.60. The van der Waals surface area contributed by atoms with Gasteiger partial charge in [0.05, 0.1) is 24.6 Å². The molecular weight excluding hydrogens is 608 g/mol. The molecule has 3 aliphatic carbocycles. The summed E-state index contributed by atoms with van der Waals surface area (Å²) < 4.78 is 11.1. The summed E-state index contributed by atoms with van der Waals surface area (Å²) in [7, 11) is 1.46. The van der Waals surface area contributed by atoms with Gasteiger partial charge in [-0.15, -0.1) is 0 Å². The molecule has 0 saturated carbocycles. The lowest BCUT2D eigenvalue weighted by Gasteiger charge is -2.41. The average molecular weight is 639 g/mol. The fourth-order valence-electron chi connectivity index (χ4n) is 7.67. The number of carbonyl (C=O) groups is 4. The third-order valence-electron chi connectivity index (χ3n) is 9.96. The van der Waals surface area contributed by atoms with Crippen molar-refractivity contribution < 1.29 is 33.4 Å². The van der Waals surface area contributed by atoms with Gasteiger partial charge in [0.15, 0.2) is 28.6 Å². The van der Waals surface area contributed by atoms with E-state index in [1.165, 1.54) is 24.2 Å². The number of carbonyl (C=O) groups excluding carboxylic acids is 4. The first-order valence-electron chi connectivity index (χ1n) is 15.8. The number of ether oxygens (including phenoxy) is 1. The zero-order chi connectivity index (χ0) is 33.3. The number of benzene rings is 3. The third kappa shape index (κ3) is 4.57. The summed E-state index contributed by atoms with van der Waals surface area (Å²) in [5.41, 5.74) is 5.34. The lowest BCUT2D eigenvalue weighted by Crippen LogP contribution is -2.40. The Bertz CT molecular complexity index is 2170. The number of oxazole rings is 1. The van der Waals surface area contributed by atoms with Crippen LogP contribution in [0.15, 0.2) is 112 Å². The van der Waals surface area contributed by atoms with Crippen LogP contribution in [-0.4, -0.2) is 40.6 Å². The van der Waals surface area contributed by atoms with Crippen molar-refractivity contribution in [1.82, 2.24) is 4.98 Å². The van der Waals surface area contributed by atoms with Gasteiger partial charge in [-0.05, 0) is 85.9 Å². The topological polar surface area (TPSA) is 127 Å². The van der Waals surface area contributed by atoms with Crippen LogP contribution in [0, 0.1) is 23.7 Å². The average Bonchev–Trinajstić information content (AvgIpc) is 3.64. The number of anilines is 1. The molecule has 9 heteroatoms. The van der Waals surface area contributed by atoms with E-state index in [1.807, 2.05) is 42.5 Å². The highest BCUT2D eigenvalue weighted by Gasteiger charge is 2.56. The fourth-order valence-corrected chi connectivity index (χ4v) is 7.67. The van der Waals surface area contributed by atoms with Crippen LogP contribution in [0.5, 0.6) is 11.5 Å². The number of hydrogen-bond donors (Lipinski definition) is 1. The maximum Gasteiger partial charge on any atom is 0.238 e. The van der Waals surface area contributed by atoms with E-state index in [1.54, 1.807) is 43.3 Å². The Balaban J connectivity index is 1.13. The number of para-hydroxylation sites is 2. The molecule has 8 rings (SSSR count). The van der Waals surface area contributed by atoms with Crippen molar-refractivity contribution in [3.8, 4) is 23.0 Å². The van der Waals surface area contributed by atoms with Crippen molar-refractivity contribution in [3.05, 3.63) is 113 Å². The summed E-state index contributed by atoms with van der Waals surface area (Å²) in [4.78, 5) is 60.9. The molecule has 1 saturated heterocycles. The molecule has 0 radical (unpaired) electrons. The highest BCUT2D eigenvalue weighted by atomic mass is 16.5. The van der Waals surface area contributed by atoms with Gasteiger partial charge in [0, 0.05) is 28.2 Å². The first kappa shape index (κ1) is 29.6. The highest BCUT2D eigenvalue weighted by molar-refractivity contribution is 6.24. The Kier molecular flexibility index (Phi) is 6.87. The maximum atomic E-state index is 14.2. The van der Waals surface area contributed by atoms with Crippen LogP contribution in [0.4, 0.5) is 5.69 Å². The summed E-state index contributed by atoms with van der Waals surface area (Å²) in [6, 6.07) is 19.4. The van der Waals surface area contributed by atoms with Crippen molar-refractivity contribution in [3.63, 3.8) is 0 Å². The van der Waals surface area contributed by atoms with E-state index in [4.69, 9.17) is 9.15 Å². The SMILES string of the molecule is COc1cc(C=C[C@H]2C3=CC[C@@H]4C(=O)N(c5ccc(-c6nc7ccccc7o6)cc5)C(=O)[C@@H]4[C@@H]3CC3=C2C(=O)C=C(C)C3=O)ccc1O. The first-order chi connectivity index (χ1) is 23.2. The smallest absolute Gasteiger partial charge is 0.238 e. The first-order valence-corrected chi connectivity index (χ1v) is 15.8. The number of aromatic hydroxyl groups is 1. The number of amides is 2. The van der Waals surface area contributed by atoms with Crippen molar-refractivity contribution in [2.45, 2.75) is 19.8 Å². The molecule has 0 spiro atoms. The van der Waals surface area contributed by atoms with Gasteiger partial charge < -0.3 is 14.3 Å². The van der Waals surface area contributed by atoms with Crippen LogP contribution in [-0.2, 0) is 19.2 Å². The zero-order valence-corrected chi connectivity index (χ0v) is 26.2. The van der Waals surface area contributed by atoms with Gasteiger partial charge in [-0.3, -0.25) is 24.1 Å². The molecule has 0 unspecified atom stereocenters. The number of nitrogens with zero attached hydrogens (tertiary/aromatic N) is 2. The van der Waals surface area contributed by atoms with E-state index in [-0.39, 0.29) is 35.6 Å². The maximum absolute atomic E-state index is 14.2. The molecule has 1 aliphatic heterocycles. The van der Waals surface area contributed by atoms with Crippen LogP contribution in [0.2, 0.25) is 0 Å². The van der Waals surface area contributed by atoms with E-state index in [2.05, 4.69) is 4.98 Å². The molecular formula is C39H30N2O7. The lowest BCUT2D eigenvalue weighted by molar-refractivity contribution is -0.123. The molecule has 4 aliphatic rings. The second kappa shape index (κ2) is 11.2. The van der Waals surface area contributed by atoms with Crippen LogP contribution >= 0.6 is 0 Å². The van der Waals surface area contributed by atoms with E-state index >= 15 is 0 Å². The lowest BCUT2D eigenvalue weighted by atomic mass is 9.60. The Labute approximate surface area is 275 Å². The number of imide groups is 1. The van der Waals surface area contributed by atoms with Crippen molar-refractivity contribution in [2.75, 3.05) is 12.0 Å². The van der Waals surface area contributed by atoms with Gasteiger partial charge in [-0.1, -0.05) is 42.0 Å². The van der Waals surface area contributed by atoms with Gasteiger partial charge in [-0.25, -0.2) is 4.98 Å². The normalized spacial score (nSPS) is 23.8. The number of methoxy groups -OCH3 is 1. The molecule has 238 valence electrons. The Morgan fingerprint density at radius 3 is 2.54 bits per heavy atom. The molecule has 4 atom stereocenters. The van der Waals surface area contributed by atoms with Gasteiger partial charge in [0.25, 0.3) is 0 Å². The molecule has 1 aromatic heterocycles. The summed E-state index contributed by atoms with van der Waals surface area (Å²) in [5.74, 6) is -2.54. The Hall–Kier alpha value is -5.83. The summed E-state index contributed by atoms with van der Waals surface area (Å²) >= 11 is 0. The van der Waals surface area contributed by atoms with Crippen LogP contribution in [0.25, 0.3) is 28.6 Å². The van der Waals surface area contributed by atoms with Gasteiger partial charge in [0.1, 0.15) is 5.52 Å². The molecule has 2 heterocycles. The van der Waals surface area contributed by atoms with Crippen molar-refractivity contribution in [1.29, 1.82) is 0 Å². The quantitative estimate of drug-likeness (QED) is 0.151. The third-order valence-corrected chi connectivity index (χ3v) is 9.96. The number of rotatable bonds is 5. The minimum absolute atomic E-state index is 0.00174. The molecule has 2 amide bonds. The second-order valence-electron chi connectivity index (χ2n) is 12.6. The number of fused-ring (bicyclic) bond motifs is 4. The molecule has 4 aromatic rings. The number of allylic oxidation sites excluding steroid dienone is 7. The van der Waals surface area contributed by atoms with Crippen LogP contribution in [0.3, 0.4) is 0 Å². The van der Waals surface area contributed by atoms with Gasteiger partial charge >= 0.3 is 0 Å². The zero-order valence-electron chi connectivity index (χ0n) is 26.2. The Morgan fingerprint density at radius 1 is 0.979 bits per heavy atom. The van der Waals surface area contributed by atoms with E-state index < -0.39 is 23.7 Å². The number of hydrogen-bond acceptors (Lipinski definition) is 8. The van der Waals surface area contributed by atoms with Crippen LogP contribution < -0.4 is 9.64 Å². The van der Waals surface area contributed by atoms with Crippen molar-refractivity contribution in [2.24, 2.45) is 23.7 Å². The van der Waals surface area contributed by atoms with E-state index in [0.29, 0.717) is 51.6 Å². The predicted molar refractivity (Wildman–Crippen MR) is 178 cm³/mol. The fraction of sp³-hybridized carbons (Fsp3) is 0.205. The van der Waals surface area contributed by atoms with Crippen LogP contribution in [0.1, 0.15) is 25.3 Å². The molecule has 1 N–H and O–H groups in total. The Morgan fingerprint density at radius 2 is 1.77 bits per heavy atom. The molecule has 1 fully saturated rings. The molecule has 9 nitrogen and oxygen atoms in total. The number of phenolic OH excluding ortho intramolecular Hbond substituents is 1. The minimum atomic E-state index is -0.679. The number of ketones is 2. The highest BCUT2D eigenvalue weighted by Crippen LogP contribution is 2.53. The summed E-state index contributed by atoms with van der Waals surface area (Å²) in [6.45, 7) is 1.63. The van der Waals surface area contributed by atoms with E-state index in [0.717, 1.165) is 16.7 Å². The number of Topliss-reactive ketones (excluding diaryl/α,β-unsaturated/α-hetero) is 1. The monoisotopic (exact) mass is 638 g/mol. The summed E-state index contributed by atoms with van der Waals surface area (Å²) in [5, 5.41) is 10.1.